The number of nitrogens with one attached hydrogen (secondary N) is 1. The van der Waals surface area contributed by atoms with Crippen molar-refractivity contribution in [2.75, 3.05) is 26.2 Å². The molecule has 1 spiro atoms. The van der Waals surface area contributed by atoms with E-state index in [-0.39, 0.29) is 29.2 Å². The van der Waals surface area contributed by atoms with Gasteiger partial charge in [-0.05, 0) is 69.0 Å². The first-order chi connectivity index (χ1) is 14.5. The topological polar surface area (TPSA) is 72.5 Å². The van der Waals surface area contributed by atoms with Crippen LogP contribution in [0, 0.1) is 11.2 Å². The quantitative estimate of drug-likeness (QED) is 0.786. The molecule has 3 aliphatic heterocycles. The van der Waals surface area contributed by atoms with Crippen LogP contribution in [-0.2, 0) is 11.3 Å². The molecule has 0 saturated carbocycles. The second kappa shape index (κ2) is 7.19. The average molecular weight is 411 g/mol. The van der Waals surface area contributed by atoms with Crippen LogP contribution in [-0.4, -0.2) is 69.1 Å². The number of carbonyl (C=O) groups is 2. The van der Waals surface area contributed by atoms with Crippen molar-refractivity contribution < 1.29 is 14.0 Å². The average Bonchev–Trinajstić information content (AvgIpc) is 3.41. The van der Waals surface area contributed by atoms with Crippen molar-refractivity contribution in [1.29, 1.82) is 0 Å². The van der Waals surface area contributed by atoms with Crippen molar-refractivity contribution in [1.82, 2.24) is 24.9 Å². The first-order valence-electron chi connectivity index (χ1n) is 10.6. The molecule has 3 aliphatic rings. The Hall–Kier alpha value is -2.74. The summed E-state index contributed by atoms with van der Waals surface area (Å²) in [5, 5.41) is 7.24. The molecule has 7 nitrogen and oxygen atoms in total. The lowest BCUT2D eigenvalue weighted by atomic mass is 9.76. The molecule has 3 fully saturated rings. The van der Waals surface area contributed by atoms with E-state index >= 15 is 0 Å². The minimum atomic E-state index is -0.261. The summed E-state index contributed by atoms with van der Waals surface area (Å²) in [6, 6.07) is 6.06. The maximum atomic E-state index is 13.2. The lowest BCUT2D eigenvalue weighted by Crippen LogP contribution is -2.43. The molecule has 3 saturated heterocycles. The Morgan fingerprint density at radius 2 is 1.93 bits per heavy atom. The predicted octanol–water partition coefficient (Wildman–Crippen LogP) is 2.85. The molecule has 5 rings (SSSR count). The van der Waals surface area contributed by atoms with Crippen molar-refractivity contribution in [3.63, 3.8) is 0 Å². The number of hydrogen-bond donors (Lipinski definition) is 1. The Bertz CT molecular complexity index is 938. The summed E-state index contributed by atoms with van der Waals surface area (Å²) in [4.78, 5) is 30.6. The smallest absolute Gasteiger partial charge is 0.312 e. The second-order valence-corrected chi connectivity index (χ2v) is 8.77. The molecule has 1 aromatic heterocycles. The molecule has 1 unspecified atom stereocenters. The van der Waals surface area contributed by atoms with Crippen molar-refractivity contribution >= 4 is 11.9 Å². The van der Waals surface area contributed by atoms with Gasteiger partial charge >= 0.3 is 6.03 Å². The number of H-pyrrole nitrogens is 1. The Morgan fingerprint density at radius 1 is 1.20 bits per heavy atom. The second-order valence-electron chi connectivity index (χ2n) is 8.77. The number of likely N-dealkylation sites (N-methyl/N-ethyl adjacent to an activating group) is 1. The minimum Gasteiger partial charge on any atom is -0.312 e. The largest absolute Gasteiger partial charge is 0.327 e. The highest BCUT2D eigenvalue weighted by atomic mass is 19.1. The van der Waals surface area contributed by atoms with Gasteiger partial charge < -0.3 is 4.90 Å². The van der Waals surface area contributed by atoms with Crippen LogP contribution in [0.4, 0.5) is 9.18 Å². The molecule has 1 aromatic carbocycles. The molecule has 0 aliphatic carbocycles. The lowest BCUT2D eigenvalue weighted by Gasteiger charge is -2.39. The van der Waals surface area contributed by atoms with E-state index in [9.17, 15) is 14.0 Å². The highest BCUT2D eigenvalue weighted by Crippen LogP contribution is 2.46. The third-order valence-corrected chi connectivity index (χ3v) is 7.01. The number of nitrogens with zero attached hydrogens (tertiary/aromatic N) is 4. The van der Waals surface area contributed by atoms with Crippen LogP contribution in [0.5, 0.6) is 0 Å². The van der Waals surface area contributed by atoms with Gasteiger partial charge in [0, 0.05) is 30.8 Å². The van der Waals surface area contributed by atoms with Gasteiger partial charge in [-0.2, -0.15) is 5.10 Å². The Balaban J connectivity index is 1.23. The number of aromatic amines is 1. The van der Waals surface area contributed by atoms with E-state index in [0.717, 1.165) is 55.7 Å². The zero-order chi connectivity index (χ0) is 20.9. The van der Waals surface area contributed by atoms with Crippen LogP contribution < -0.4 is 0 Å². The number of amides is 3. The van der Waals surface area contributed by atoms with Crippen molar-refractivity contribution in [3.05, 3.63) is 41.8 Å². The highest BCUT2D eigenvalue weighted by Gasteiger charge is 2.55. The molecule has 4 heterocycles. The van der Waals surface area contributed by atoms with Gasteiger partial charge in [0.1, 0.15) is 11.9 Å². The van der Waals surface area contributed by atoms with Gasteiger partial charge in [-0.3, -0.25) is 19.7 Å². The Kier molecular flexibility index (Phi) is 4.61. The van der Waals surface area contributed by atoms with Gasteiger partial charge in [0.2, 0.25) is 0 Å². The van der Waals surface area contributed by atoms with E-state index in [4.69, 9.17) is 0 Å². The van der Waals surface area contributed by atoms with Crippen LogP contribution in [0.15, 0.2) is 30.5 Å². The summed E-state index contributed by atoms with van der Waals surface area (Å²) in [5.74, 6) is -0.277. The standard InChI is InChI=1S/C22H26FN5O2/c1-2-27-20(29)18-11-22(14-28(18)21(27)30)7-9-26(10-8-22)13-16-12-24-25-19(16)15-3-5-17(23)6-4-15/h3-6,12,18H,2,7-11,13-14H2,1H3,(H,24,25). The fraction of sp³-hybridized carbons (Fsp3) is 0.500. The van der Waals surface area contributed by atoms with Gasteiger partial charge in [0.15, 0.2) is 0 Å². The molecular formula is C22H26FN5O2. The number of likely N-dealkylation sites (tertiary alicyclic amines) is 1. The number of carbonyl (C=O) groups excluding carboxylic acids is 2. The summed E-state index contributed by atoms with van der Waals surface area (Å²) >= 11 is 0. The normalized spacial score (nSPS) is 23.6. The molecule has 158 valence electrons. The molecule has 0 bridgehead atoms. The maximum absolute atomic E-state index is 13.2. The van der Waals surface area contributed by atoms with E-state index < -0.39 is 0 Å². The summed E-state index contributed by atoms with van der Waals surface area (Å²) in [6.07, 6.45) is 4.59. The first-order valence-corrected chi connectivity index (χ1v) is 10.6. The van der Waals surface area contributed by atoms with Crippen molar-refractivity contribution in [2.45, 2.75) is 38.8 Å². The molecule has 2 aromatic rings. The first kappa shape index (κ1) is 19.2. The molecule has 1 N–H and O–H groups in total. The van der Waals surface area contributed by atoms with Gasteiger partial charge in [-0.25, -0.2) is 9.18 Å². The van der Waals surface area contributed by atoms with Gasteiger partial charge in [-0.15, -0.1) is 0 Å². The molecule has 1 atom stereocenters. The van der Waals surface area contributed by atoms with E-state index in [0.29, 0.717) is 13.1 Å². The van der Waals surface area contributed by atoms with Gasteiger partial charge in [-0.1, -0.05) is 0 Å². The summed E-state index contributed by atoms with van der Waals surface area (Å²) in [6.45, 7) is 5.62. The minimum absolute atomic E-state index is 0.0239. The van der Waals surface area contributed by atoms with E-state index in [1.807, 2.05) is 13.1 Å². The highest BCUT2D eigenvalue weighted by molar-refractivity contribution is 6.04. The maximum Gasteiger partial charge on any atom is 0.327 e. The number of benzene rings is 1. The van der Waals surface area contributed by atoms with Crippen LogP contribution in [0.2, 0.25) is 0 Å². The van der Waals surface area contributed by atoms with Crippen molar-refractivity contribution in [3.8, 4) is 11.3 Å². The number of urea groups is 1. The fourth-order valence-corrected chi connectivity index (χ4v) is 5.28. The summed E-state index contributed by atoms with van der Waals surface area (Å²) in [7, 11) is 0. The Morgan fingerprint density at radius 3 is 2.60 bits per heavy atom. The monoisotopic (exact) mass is 411 g/mol. The Labute approximate surface area is 174 Å². The predicted molar refractivity (Wildman–Crippen MR) is 109 cm³/mol. The molecule has 0 radical (unpaired) electrons. The van der Waals surface area contributed by atoms with E-state index in [1.165, 1.54) is 17.0 Å². The van der Waals surface area contributed by atoms with Crippen LogP contribution in [0.3, 0.4) is 0 Å². The third-order valence-electron chi connectivity index (χ3n) is 7.01. The summed E-state index contributed by atoms with van der Waals surface area (Å²) in [5.41, 5.74) is 3.00. The van der Waals surface area contributed by atoms with E-state index in [2.05, 4.69) is 15.1 Å². The van der Waals surface area contributed by atoms with Crippen LogP contribution in [0.1, 0.15) is 31.7 Å². The molecule has 30 heavy (non-hydrogen) atoms. The van der Waals surface area contributed by atoms with Gasteiger partial charge in [0.05, 0.1) is 11.9 Å². The van der Waals surface area contributed by atoms with Crippen LogP contribution >= 0.6 is 0 Å². The number of halogens is 1. The molecular weight excluding hydrogens is 385 g/mol. The number of aromatic nitrogens is 2. The number of piperidine rings is 1. The zero-order valence-corrected chi connectivity index (χ0v) is 17.1. The zero-order valence-electron chi connectivity index (χ0n) is 17.1. The van der Waals surface area contributed by atoms with Crippen molar-refractivity contribution in [2.24, 2.45) is 5.41 Å². The number of rotatable bonds is 4. The number of hydrogen-bond acceptors (Lipinski definition) is 4. The number of fused-ring (bicyclic) bond motifs is 1. The SMILES string of the molecule is CCN1C(=O)C2CC3(CCN(Cc4cn[nH]c4-c4ccc(F)cc4)CC3)CN2C1=O. The molecule has 8 heteroatoms. The fourth-order valence-electron chi connectivity index (χ4n) is 5.28. The lowest BCUT2D eigenvalue weighted by molar-refractivity contribution is -0.128. The van der Waals surface area contributed by atoms with Crippen LogP contribution in [0.25, 0.3) is 11.3 Å². The molecule has 3 amide bonds. The number of imide groups is 1. The summed E-state index contributed by atoms with van der Waals surface area (Å²) < 4.78 is 13.2. The van der Waals surface area contributed by atoms with Gasteiger partial charge in [0.25, 0.3) is 5.91 Å². The van der Waals surface area contributed by atoms with E-state index in [1.54, 1.807) is 17.0 Å². The third kappa shape index (κ3) is 3.10.